The van der Waals surface area contributed by atoms with Crippen LogP contribution in [0.2, 0.25) is 0 Å². The van der Waals surface area contributed by atoms with Gasteiger partial charge in [-0.3, -0.25) is 0 Å². The zero-order chi connectivity index (χ0) is 20.4. The number of hydrogen-bond acceptors (Lipinski definition) is 7. The second kappa shape index (κ2) is 7.88. The molecule has 0 amide bonds. The van der Waals surface area contributed by atoms with Crippen LogP contribution < -0.4 is 15.2 Å². The van der Waals surface area contributed by atoms with Crippen LogP contribution >= 0.6 is 11.3 Å². The lowest BCUT2D eigenvalue weighted by molar-refractivity contribution is 0.356. The molecule has 0 spiro atoms. The number of nitrogens with zero attached hydrogens (tertiary/aromatic N) is 3. The van der Waals surface area contributed by atoms with Crippen LogP contribution in [0.15, 0.2) is 57.1 Å². The van der Waals surface area contributed by atoms with Crippen molar-refractivity contribution in [3.63, 3.8) is 0 Å². The Morgan fingerprint density at radius 2 is 1.93 bits per heavy atom. The molecule has 7 nitrogen and oxygen atoms in total. The Morgan fingerprint density at radius 3 is 2.66 bits per heavy atom. The number of thiazole rings is 1. The molecule has 0 fully saturated rings. The van der Waals surface area contributed by atoms with Crippen LogP contribution in [0.25, 0.3) is 22.0 Å². The van der Waals surface area contributed by atoms with Crippen molar-refractivity contribution in [3.8, 4) is 33.5 Å². The highest BCUT2D eigenvalue weighted by Gasteiger charge is 2.16. The Morgan fingerprint density at radius 1 is 1.14 bits per heavy atom. The maximum atomic E-state index is 13.1. The Kier molecular flexibility index (Phi) is 5.13. The zero-order valence-electron chi connectivity index (χ0n) is 15.6. The standard InChI is InChI=1S/C20H16FN3O4S/c1-26-16-5-3-4-15(17(16)27-2)19-22-14(11-29-19)10-24-20(25)28-18(23-24)12-6-8-13(21)9-7-12/h3-9,11H,10H2,1-2H3. The van der Waals surface area contributed by atoms with E-state index < -0.39 is 5.76 Å². The molecule has 0 aliphatic carbocycles. The quantitative estimate of drug-likeness (QED) is 0.478. The van der Waals surface area contributed by atoms with Gasteiger partial charge in [0, 0.05) is 10.9 Å². The minimum absolute atomic E-state index is 0.125. The van der Waals surface area contributed by atoms with E-state index in [9.17, 15) is 9.18 Å². The minimum atomic E-state index is -0.613. The first-order chi connectivity index (χ1) is 14.1. The molecule has 29 heavy (non-hydrogen) atoms. The van der Waals surface area contributed by atoms with Gasteiger partial charge in [-0.25, -0.2) is 14.2 Å². The van der Waals surface area contributed by atoms with Crippen LogP contribution in [-0.2, 0) is 6.54 Å². The Labute approximate surface area is 169 Å². The topological polar surface area (TPSA) is 79.4 Å². The summed E-state index contributed by atoms with van der Waals surface area (Å²) >= 11 is 1.42. The summed E-state index contributed by atoms with van der Waals surface area (Å²) < 4.78 is 30.2. The highest BCUT2D eigenvalue weighted by Crippen LogP contribution is 2.39. The first-order valence-corrected chi connectivity index (χ1v) is 9.46. The van der Waals surface area contributed by atoms with E-state index in [1.807, 2.05) is 23.6 Å². The lowest BCUT2D eigenvalue weighted by Gasteiger charge is -2.10. The van der Waals surface area contributed by atoms with Crippen LogP contribution in [0, 0.1) is 5.82 Å². The number of ether oxygens (including phenoxy) is 2. The molecule has 0 saturated carbocycles. The third-order valence-electron chi connectivity index (χ3n) is 4.19. The van der Waals surface area contributed by atoms with Crippen LogP contribution in [0.4, 0.5) is 4.39 Å². The molecular formula is C20H16FN3O4S. The van der Waals surface area contributed by atoms with Crippen LogP contribution in [-0.4, -0.2) is 29.0 Å². The summed E-state index contributed by atoms with van der Waals surface area (Å²) in [6.07, 6.45) is 0. The number of halogens is 1. The molecule has 0 unspecified atom stereocenters. The first kappa shape index (κ1) is 18.9. The van der Waals surface area contributed by atoms with Crippen molar-refractivity contribution in [1.29, 1.82) is 0 Å². The molecule has 0 N–H and O–H groups in total. The largest absolute Gasteiger partial charge is 0.493 e. The fourth-order valence-electron chi connectivity index (χ4n) is 2.83. The third-order valence-corrected chi connectivity index (χ3v) is 5.12. The Balaban J connectivity index is 1.61. The molecule has 2 heterocycles. The fraction of sp³-hybridized carbons (Fsp3) is 0.150. The summed E-state index contributed by atoms with van der Waals surface area (Å²) in [6.45, 7) is 0.145. The molecule has 0 radical (unpaired) electrons. The zero-order valence-corrected chi connectivity index (χ0v) is 16.4. The maximum Gasteiger partial charge on any atom is 0.437 e. The third kappa shape index (κ3) is 3.77. The summed E-state index contributed by atoms with van der Waals surface area (Å²) in [7, 11) is 3.15. The molecule has 0 saturated heterocycles. The van der Waals surface area contributed by atoms with Gasteiger partial charge in [0.05, 0.1) is 32.0 Å². The summed E-state index contributed by atoms with van der Waals surface area (Å²) in [5.41, 5.74) is 1.96. The number of methoxy groups -OCH3 is 2. The van der Waals surface area contributed by atoms with Crippen molar-refractivity contribution in [2.24, 2.45) is 0 Å². The van der Waals surface area contributed by atoms with E-state index in [1.165, 1.54) is 40.3 Å². The van der Waals surface area contributed by atoms with Gasteiger partial charge in [-0.2, -0.15) is 4.68 Å². The predicted molar refractivity (Wildman–Crippen MR) is 106 cm³/mol. The van der Waals surface area contributed by atoms with Crippen molar-refractivity contribution in [1.82, 2.24) is 14.8 Å². The molecule has 0 aliphatic rings. The molecule has 148 valence electrons. The normalized spacial score (nSPS) is 10.9. The van der Waals surface area contributed by atoms with Gasteiger partial charge in [-0.1, -0.05) is 6.07 Å². The molecule has 9 heteroatoms. The van der Waals surface area contributed by atoms with E-state index >= 15 is 0 Å². The molecule has 0 atom stereocenters. The van der Waals surface area contributed by atoms with E-state index in [4.69, 9.17) is 13.9 Å². The van der Waals surface area contributed by atoms with Crippen molar-refractivity contribution < 1.29 is 18.3 Å². The number of para-hydroxylation sites is 1. The molecule has 0 bridgehead atoms. The monoisotopic (exact) mass is 413 g/mol. The molecule has 4 rings (SSSR count). The molecule has 2 aromatic heterocycles. The molecular weight excluding hydrogens is 397 g/mol. The van der Waals surface area contributed by atoms with Gasteiger partial charge in [0.2, 0.25) is 5.89 Å². The minimum Gasteiger partial charge on any atom is -0.493 e. The van der Waals surface area contributed by atoms with E-state index in [0.717, 1.165) is 10.6 Å². The van der Waals surface area contributed by atoms with Crippen LogP contribution in [0.1, 0.15) is 5.69 Å². The predicted octanol–water partition coefficient (Wildman–Crippen LogP) is 3.83. The van der Waals surface area contributed by atoms with Crippen molar-refractivity contribution in [2.75, 3.05) is 14.2 Å². The van der Waals surface area contributed by atoms with Gasteiger partial charge in [-0.15, -0.1) is 16.4 Å². The number of hydrogen-bond donors (Lipinski definition) is 0. The van der Waals surface area contributed by atoms with Gasteiger partial charge in [-0.05, 0) is 36.4 Å². The first-order valence-electron chi connectivity index (χ1n) is 8.58. The Bertz CT molecular complexity index is 1200. The van der Waals surface area contributed by atoms with Gasteiger partial charge in [0.25, 0.3) is 0 Å². The van der Waals surface area contributed by atoms with Gasteiger partial charge in [0.1, 0.15) is 10.8 Å². The van der Waals surface area contributed by atoms with Gasteiger partial charge < -0.3 is 13.9 Å². The Hall–Kier alpha value is -3.46. The lowest BCUT2D eigenvalue weighted by atomic mass is 10.2. The van der Waals surface area contributed by atoms with E-state index in [-0.39, 0.29) is 18.3 Å². The van der Waals surface area contributed by atoms with E-state index in [1.54, 1.807) is 14.2 Å². The molecule has 0 aliphatic heterocycles. The molecule has 2 aromatic carbocycles. The number of benzene rings is 2. The van der Waals surface area contributed by atoms with Gasteiger partial charge in [0.15, 0.2) is 11.5 Å². The van der Waals surface area contributed by atoms with Crippen molar-refractivity contribution in [3.05, 3.63) is 69.9 Å². The second-order valence-electron chi connectivity index (χ2n) is 6.02. The van der Waals surface area contributed by atoms with Gasteiger partial charge >= 0.3 is 5.76 Å². The van der Waals surface area contributed by atoms with Crippen LogP contribution in [0.3, 0.4) is 0 Å². The number of aromatic nitrogens is 3. The summed E-state index contributed by atoms with van der Waals surface area (Å²) in [5.74, 6) is 0.336. The highest BCUT2D eigenvalue weighted by atomic mass is 32.1. The molecule has 4 aromatic rings. The SMILES string of the molecule is COc1cccc(-c2nc(Cn3nc(-c4ccc(F)cc4)oc3=O)cs2)c1OC. The lowest BCUT2D eigenvalue weighted by Crippen LogP contribution is -2.16. The van der Waals surface area contributed by atoms with Crippen molar-refractivity contribution >= 4 is 11.3 Å². The van der Waals surface area contributed by atoms with E-state index in [0.29, 0.717) is 22.8 Å². The maximum absolute atomic E-state index is 13.1. The smallest absolute Gasteiger partial charge is 0.437 e. The average molecular weight is 413 g/mol. The summed E-state index contributed by atoms with van der Waals surface area (Å²) in [5, 5.41) is 6.75. The average Bonchev–Trinajstić information content (AvgIpc) is 3.35. The number of rotatable bonds is 6. The second-order valence-corrected chi connectivity index (χ2v) is 6.88. The summed E-state index contributed by atoms with van der Waals surface area (Å²) in [4.78, 5) is 16.7. The highest BCUT2D eigenvalue weighted by molar-refractivity contribution is 7.13. The van der Waals surface area contributed by atoms with E-state index in [2.05, 4.69) is 10.1 Å². The summed E-state index contributed by atoms with van der Waals surface area (Å²) in [6, 6.07) is 11.1. The van der Waals surface area contributed by atoms with Crippen molar-refractivity contribution in [2.45, 2.75) is 6.54 Å². The van der Waals surface area contributed by atoms with Crippen LogP contribution in [0.5, 0.6) is 11.5 Å². The fourth-order valence-corrected chi connectivity index (χ4v) is 3.66.